The molecule has 2 heterocycles. The standard InChI is InChI=1S/C25H31NO3.C24H29NO3/c1-17-4-6-19(7-5-17)16-26-10-8-18(9-11-26)12-21-13-20-14-23(28-2)24(29-3)15-22(20)25(21)27;1-27-22-14-19-13-20(24(26)21(19)15-23(22)28-2)12-17-8-10-25(11-9-17)16-18-6-4-3-5-7-18/h4-7,14-15,18,21H,8-13,16H2,1-3H3;3-7,14-15,17,20H,8-13,16H2,1-2H3/i2D3,3D3,4D,5D,6D,7D,8D2,9D2,10D2,11D2,12D2,13D2,14D,15D,16D2,18D,21D;1D3,2D3,8D2,9D2,10D2,11D2,12D2,13D2,14D,15D,16D2,17D,20D. The highest BCUT2D eigenvalue weighted by Crippen LogP contribution is 2.41. The van der Waals surface area contributed by atoms with Crippen LogP contribution in [0.25, 0.3) is 0 Å². The number of ether oxygens (including phenoxy) is 4. The lowest BCUT2D eigenvalue weighted by Gasteiger charge is -2.33. The molecule has 57 heavy (non-hydrogen) atoms. The van der Waals surface area contributed by atoms with Crippen LogP contribution in [-0.4, -0.2) is 75.5 Å². The fraction of sp³-hybridized carbons (Fsp3) is 0.469. The van der Waals surface area contributed by atoms with Gasteiger partial charge in [-0.05, 0) is 142 Å². The van der Waals surface area contributed by atoms with E-state index in [1.165, 1.54) is 18.2 Å². The van der Waals surface area contributed by atoms with Gasteiger partial charge in [0.25, 0.3) is 0 Å². The summed E-state index contributed by atoms with van der Waals surface area (Å²) in [5, 5.41) is 0. The molecule has 8 nitrogen and oxygen atoms in total. The topological polar surface area (TPSA) is 77.5 Å². The molecule has 0 amide bonds. The van der Waals surface area contributed by atoms with Crippen molar-refractivity contribution in [3.05, 3.63) is 118 Å². The number of Topliss-reactive ketones (excluding diaryl/α,β-unsaturated/α-hetero) is 2. The number of ketones is 2. The van der Waals surface area contributed by atoms with Gasteiger partial charge in [-0.15, -0.1) is 0 Å². The highest BCUT2D eigenvalue weighted by molar-refractivity contribution is 6.03. The fourth-order valence-electron chi connectivity index (χ4n) is 4.77. The molecule has 0 saturated carbocycles. The zero-order chi connectivity index (χ0) is 85.6. The average Bonchev–Trinajstić information content (AvgIpc) is 1.63. The summed E-state index contributed by atoms with van der Waals surface area (Å²) < 4.78 is 458. The van der Waals surface area contributed by atoms with Crippen LogP contribution < -0.4 is 18.9 Å². The number of carbonyl (C=O) groups is 2. The van der Waals surface area contributed by atoms with Gasteiger partial charge in [-0.1, -0.05) is 60.1 Å². The third kappa shape index (κ3) is 9.73. The third-order valence-electron chi connectivity index (χ3n) is 7.34. The van der Waals surface area contributed by atoms with E-state index in [9.17, 15) is 11.0 Å². The van der Waals surface area contributed by atoms with Crippen LogP contribution in [0.2, 0.25) is 0 Å². The van der Waals surface area contributed by atoms with Gasteiger partial charge in [0, 0.05) is 79.8 Å². The molecule has 0 radical (unpaired) electrons. The molecule has 2 unspecified atom stereocenters. The molecule has 2 saturated heterocycles. The van der Waals surface area contributed by atoms with E-state index in [0.29, 0.717) is 0 Å². The maximum Gasteiger partial charge on any atom is 0.166 e. The van der Waals surface area contributed by atoms with E-state index in [1.54, 1.807) is 0 Å². The van der Waals surface area contributed by atoms with E-state index in [4.69, 9.17) is 69.9 Å². The van der Waals surface area contributed by atoms with Crippen LogP contribution in [0, 0.1) is 30.5 Å². The van der Waals surface area contributed by atoms with Crippen LogP contribution in [0.4, 0.5) is 0 Å². The molecule has 8 rings (SSSR count). The predicted molar refractivity (Wildman–Crippen MR) is 225 cm³/mol. The third-order valence-corrected chi connectivity index (χ3v) is 7.34. The maximum atomic E-state index is 14.3. The van der Waals surface area contributed by atoms with Crippen molar-refractivity contribution in [1.82, 2.24) is 9.80 Å². The summed E-state index contributed by atoms with van der Waals surface area (Å²) in [5.41, 5.74) is -8.58. The Labute approximate surface area is 412 Å². The minimum atomic E-state index is -4.96. The summed E-state index contributed by atoms with van der Waals surface area (Å²) in [4.78, 5) is 27.1. The lowest BCUT2D eigenvalue weighted by molar-refractivity contribution is 0.0889. The molecule has 0 N–H and O–H groups in total. The number of likely N-dealkylation sites (tertiary alicyclic amines) is 2. The molecule has 4 aromatic carbocycles. The predicted octanol–water partition coefficient (Wildman–Crippen LogP) is 9.03. The van der Waals surface area contributed by atoms with Gasteiger partial charge >= 0.3 is 0 Å². The van der Waals surface area contributed by atoms with E-state index in [-0.39, 0.29) is 5.56 Å². The Hall–Kier alpha value is -4.66. The Bertz CT molecular complexity index is 4300. The average molecular weight is 825 g/mol. The van der Waals surface area contributed by atoms with Crippen molar-refractivity contribution >= 4 is 11.6 Å². The Kier molecular flexibility index (Phi) is 3.72. The molecular weight excluding hydrogens is 713 g/mol. The summed E-state index contributed by atoms with van der Waals surface area (Å²) >= 11 is 0. The van der Waals surface area contributed by atoms with E-state index in [2.05, 4.69) is 18.9 Å². The highest BCUT2D eigenvalue weighted by atomic mass is 16.5. The molecule has 0 spiro atoms. The van der Waals surface area contributed by atoms with Gasteiger partial charge in [0.1, 0.15) is 0 Å². The van der Waals surface area contributed by atoms with Gasteiger partial charge in [0.05, 0.1) is 55.6 Å². The summed E-state index contributed by atoms with van der Waals surface area (Å²) in [7, 11) is -14.4. The summed E-state index contributed by atoms with van der Waals surface area (Å²) in [5.74, 6) is -29.5. The first-order valence-electron chi connectivity index (χ1n) is 41.8. The lowest BCUT2D eigenvalue weighted by Crippen LogP contribution is -2.34. The summed E-state index contributed by atoms with van der Waals surface area (Å²) in [6.07, 6.45) is -36.8. The summed E-state index contributed by atoms with van der Waals surface area (Å²) in [6, 6.07) is -4.88. The van der Waals surface area contributed by atoms with Gasteiger partial charge in [-0.25, -0.2) is 0 Å². The normalized spacial score (nSPS) is 47.9. The molecule has 2 aliphatic heterocycles. The number of fused-ring (bicyclic) bond motifs is 2. The largest absolute Gasteiger partial charge is 0.493 e. The molecule has 2 atom stereocenters. The highest BCUT2D eigenvalue weighted by Gasteiger charge is 2.36. The monoisotopic (exact) mass is 825 g/mol. The lowest BCUT2D eigenvalue weighted by atomic mass is 9.85. The van der Waals surface area contributed by atoms with E-state index in [1.807, 2.05) is 0 Å². The quantitative estimate of drug-likeness (QED) is 0.140. The van der Waals surface area contributed by atoms with Crippen molar-refractivity contribution < 1.29 is 99.8 Å². The second-order valence-electron chi connectivity index (χ2n) is 11.1. The van der Waals surface area contributed by atoms with Crippen molar-refractivity contribution in [1.29, 1.82) is 0 Å². The second-order valence-corrected chi connectivity index (χ2v) is 11.1. The first-order valence-corrected chi connectivity index (χ1v) is 15.8. The summed E-state index contributed by atoms with van der Waals surface area (Å²) in [6.45, 7) is -24.3. The first-order chi connectivity index (χ1) is 47.8. The number of carbonyl (C=O) groups excluding carboxylic acids is 2. The first kappa shape index (κ1) is 11.3. The van der Waals surface area contributed by atoms with Crippen molar-refractivity contribution in [3.8, 4) is 23.0 Å². The second kappa shape index (κ2) is 18.7. The smallest absolute Gasteiger partial charge is 0.166 e. The number of hydrogen-bond donors (Lipinski definition) is 0. The van der Waals surface area contributed by atoms with Gasteiger partial charge in [0.2, 0.25) is 0 Å². The Morgan fingerprint density at radius 1 is 0.649 bits per heavy atom. The zero-order valence-electron chi connectivity index (χ0n) is 80.7. The minimum absolute atomic E-state index is 0.365. The maximum absolute atomic E-state index is 14.3. The van der Waals surface area contributed by atoms with Crippen LogP contribution >= 0.6 is 0 Å². The molecule has 302 valence electrons. The van der Waals surface area contributed by atoms with Crippen LogP contribution in [0.15, 0.2) is 78.7 Å². The molecule has 2 aliphatic carbocycles. The van der Waals surface area contributed by atoms with Crippen molar-refractivity contribution in [3.63, 3.8) is 0 Å². The Morgan fingerprint density at radius 3 is 1.51 bits per heavy atom. The number of methoxy groups -OCH3 is 4. The Balaban J connectivity index is 0.000000305. The van der Waals surface area contributed by atoms with Gasteiger partial charge in [-0.3, -0.25) is 19.4 Å². The van der Waals surface area contributed by atoms with Gasteiger partial charge in [-0.2, -0.15) is 0 Å². The van der Waals surface area contributed by atoms with Crippen LogP contribution in [0.5, 0.6) is 23.0 Å². The van der Waals surface area contributed by atoms with Crippen molar-refractivity contribution in [2.24, 2.45) is 23.6 Å². The van der Waals surface area contributed by atoms with Gasteiger partial charge in [0.15, 0.2) is 34.6 Å². The van der Waals surface area contributed by atoms with Crippen molar-refractivity contribution in [2.75, 3.05) is 54.1 Å². The molecule has 0 aromatic heterocycles. The van der Waals surface area contributed by atoms with E-state index >= 15 is 0 Å². The number of hydrogen-bond acceptors (Lipinski definition) is 8. The molecule has 8 heteroatoms. The number of rotatable bonds is 12. The molecule has 2 fully saturated rings. The fourth-order valence-corrected chi connectivity index (χ4v) is 4.77. The molecule has 0 bridgehead atoms. The molecule has 4 aromatic rings. The van der Waals surface area contributed by atoms with E-state index in [0.717, 1.165) is 19.1 Å². The Morgan fingerprint density at radius 2 is 1.07 bits per heavy atom. The van der Waals surface area contributed by atoms with E-state index < -0.39 is 268 Å². The van der Waals surface area contributed by atoms with Gasteiger partial charge < -0.3 is 18.9 Å². The van der Waals surface area contributed by atoms with Crippen LogP contribution in [0.1, 0.15) is 158 Å². The van der Waals surface area contributed by atoms with Crippen LogP contribution in [-0.2, 0) is 25.7 Å². The van der Waals surface area contributed by atoms with Crippen LogP contribution in [0.3, 0.4) is 0 Å². The molecular formula is C49H60N2O6. The zero-order valence-corrected chi connectivity index (χ0v) is 28.7. The minimum Gasteiger partial charge on any atom is -0.493 e. The SMILES string of the molecule is [2H]c1c(OC([2H])([2H])[2H])c(OC([2H])([2H])[2H])c([2H])c2c1C(=O)C([2H])(C([2H])([2H])C1([2H])C([2H])([2H])C([2H])([2H])N(C([2H])([2H])c3ccccc3)C([2H])([2H])C1([2H])[2H])C2([2H])[2H].[2H]c1c([2H])c(C([2H])([2H])N2C([2H])([2H])C([2H])([2H])C([2H])(C([2H])([2H])C3([2H])C(=O)c4c([2H])c(OC([2H])([2H])[2H])c(OC([2H])([2H])[2H])c([2H])c4C3([2H])[2H])C([2H])([2H])C2([2H])[2H])c([2H])c([2H])c1C. The molecule has 4 aliphatic rings. The number of piperidine rings is 2. The number of nitrogens with zero attached hydrogens (tertiary/aromatic N) is 2. The van der Waals surface area contributed by atoms with Crippen molar-refractivity contribution in [2.45, 2.75) is 70.9 Å². The number of benzene rings is 4.